The Hall–Kier alpha value is -15.3. The standard InChI is InChI=1S/C14H16N4O2.C13H14N4O3.C13H16N4O2.C12H14N4O2.C11H12N4O2.2C11H12N4O/c1-15-12-9-16-18-13(12)17-11-6-4-3-5-10(11)14(18)20-8-7-19-2;1-5-8-10(13(19)20-6-2)15-11-9(14-4)7(3)16-17(11)12(8)18;1-4-9-10(6-5-7-19-3)16-12-11(14-2)8-15-17(12)13(9)18;1-4-5-8-10(7-18-3)15-11-9(13-2)6-14-16(11)12(8)17;1-3-4-7-9(6-16)14-10-8(12-2)5-13-15(10)11(7)17;1-5-8-7(2)14-10-9(12-3)6-13-15(10)11(8)16-4;1-5-8-7(2)14(4)10-9(12-3)6-13-15(10)11(8)16/h9H,3-8H2,2H3;16H,5-6H2,1-3H3;8,15H,4-7H2,1,3H3;6,14H,4-5,7H2,1,3H3;5,13,16H,3-4,6H2,1H3;2*6H,5H2,1-2,4H3. The summed E-state index contributed by atoms with van der Waals surface area (Å²) in [7, 11) is 8.31. The number of esters is 1. The van der Waals surface area contributed by atoms with Gasteiger partial charge in [0.05, 0.1) is 121 Å². The minimum atomic E-state index is -0.640. The molecule has 0 radical (unpaired) electrons. The lowest BCUT2D eigenvalue weighted by atomic mass is 9.97. The SMILES string of the molecule is [C-]#[N+]c1c(C)[nH]n2c(=O)c(CC)c(C(=O)OCC)nc12.[C-]#[N+]c1c[nH]n2c(=O)c(CC)c(CCCOC)nc12.[C-]#[N+]c1c[nH]n2c(=O)c(CCC)c(CO)nc12.[C-]#[N+]c1c[nH]n2c(=O)c(CCC)c(COC)nc12.[C-]#[N+]c1cnn2c(=O)c(CC)c(C)n(C)c12.[C-]#[N+]c1cnn2c(OC)c(CC)c(C)nc12.[C-]#[N+]c1cnn2c(OCCOC)c3c(nc12)CCCC3. The third kappa shape index (κ3) is 19.6. The highest BCUT2D eigenvalue weighted by Gasteiger charge is 2.26. The Morgan fingerprint density at radius 1 is 0.484 bits per heavy atom. The number of hydrogen-bond donors (Lipinski definition) is 5. The van der Waals surface area contributed by atoms with Gasteiger partial charge in [-0.25, -0.2) is 86.7 Å². The van der Waals surface area contributed by atoms with E-state index in [0.717, 1.165) is 96.7 Å². The number of carbonyl (C=O) groups excluding carboxylic acids is 1. The van der Waals surface area contributed by atoms with Crippen molar-refractivity contribution in [1.82, 2.24) is 102 Å². The first kappa shape index (κ1) is 94.5. The molecule has 0 saturated heterocycles. The van der Waals surface area contributed by atoms with Crippen LogP contribution in [-0.2, 0) is 97.0 Å². The number of methoxy groups -OCH3 is 4. The van der Waals surface area contributed by atoms with Crippen molar-refractivity contribution >= 4 is 85.3 Å². The minimum Gasteiger partial charge on any atom is -0.481 e. The zero-order valence-corrected chi connectivity index (χ0v) is 72.7. The van der Waals surface area contributed by atoms with Gasteiger partial charge in [0, 0.05) is 110 Å². The van der Waals surface area contributed by atoms with Crippen molar-refractivity contribution in [3.63, 3.8) is 0 Å². The number of aliphatic hydroxyl groups excluding tert-OH is 1. The number of aromatic amines is 4. The quantitative estimate of drug-likeness (QED) is 0.0239. The maximum absolute atomic E-state index is 12.4. The summed E-state index contributed by atoms with van der Waals surface area (Å²) in [5, 5.41) is 32.6. The van der Waals surface area contributed by atoms with Gasteiger partial charge >= 0.3 is 5.97 Å². The Morgan fingerprint density at radius 3 is 1.48 bits per heavy atom. The molecule has 0 fully saturated rings. The molecular weight excluding hydrogens is 1620 g/mol. The fourth-order valence-corrected chi connectivity index (χ4v) is 14.1. The molecule has 0 saturated carbocycles. The number of hydrogen-bond acceptors (Lipinski definition) is 22. The highest BCUT2D eigenvalue weighted by Crippen LogP contribution is 2.34. The van der Waals surface area contributed by atoms with Crippen LogP contribution in [0.15, 0.2) is 61.2 Å². The van der Waals surface area contributed by atoms with Crippen LogP contribution in [0.4, 0.5) is 39.8 Å². The van der Waals surface area contributed by atoms with Gasteiger partial charge in [-0.2, -0.15) is 28.8 Å². The van der Waals surface area contributed by atoms with Gasteiger partial charge in [-0.1, -0.05) is 54.4 Å². The normalized spacial score (nSPS) is 11.2. The number of nitrogens with one attached hydrogen (secondary N) is 4. The van der Waals surface area contributed by atoms with Crippen molar-refractivity contribution < 1.29 is 38.3 Å². The Bertz CT molecular complexity index is 7010. The van der Waals surface area contributed by atoms with Gasteiger partial charge in [-0.15, -0.1) is 0 Å². The van der Waals surface area contributed by atoms with E-state index in [-0.39, 0.29) is 81.5 Å². The molecule has 0 amide bonds. The van der Waals surface area contributed by atoms with E-state index in [4.69, 9.17) is 74.4 Å². The topological polar surface area (TPSA) is 424 Å². The molecule has 41 nitrogen and oxygen atoms in total. The second kappa shape index (κ2) is 44.0. The number of carbonyl (C=O) groups is 1. The van der Waals surface area contributed by atoms with E-state index in [1.165, 1.54) is 53.6 Å². The van der Waals surface area contributed by atoms with Crippen molar-refractivity contribution in [2.45, 2.75) is 172 Å². The molecule has 15 rings (SSSR count). The minimum absolute atomic E-state index is 0.0109. The monoisotopic (exact) mass is 1720 g/mol. The molecule has 14 heterocycles. The predicted octanol–water partition coefficient (Wildman–Crippen LogP) is 11.8. The van der Waals surface area contributed by atoms with Gasteiger partial charge in [-0.3, -0.25) is 24.0 Å². The predicted molar refractivity (Wildman–Crippen MR) is 467 cm³/mol. The lowest BCUT2D eigenvalue weighted by Gasteiger charge is -2.19. The van der Waals surface area contributed by atoms with E-state index in [0.29, 0.717) is 155 Å². The summed E-state index contributed by atoms with van der Waals surface area (Å²) >= 11 is 0. The van der Waals surface area contributed by atoms with Crippen LogP contribution in [0, 0.1) is 66.8 Å². The highest BCUT2D eigenvalue weighted by atomic mass is 16.5. The van der Waals surface area contributed by atoms with Crippen LogP contribution in [0.1, 0.15) is 170 Å². The van der Waals surface area contributed by atoms with Crippen LogP contribution in [0.3, 0.4) is 0 Å². The molecule has 0 spiro atoms. The van der Waals surface area contributed by atoms with E-state index < -0.39 is 5.97 Å². The maximum Gasteiger partial charge on any atom is 0.357 e. The number of nitrogens with zero attached hydrogens (tertiary/aromatic N) is 24. The summed E-state index contributed by atoms with van der Waals surface area (Å²) in [4.78, 5) is 123. The molecule has 0 aliphatic heterocycles. The molecular formula is C85H96N28O13. The Labute approximate surface area is 721 Å². The smallest absolute Gasteiger partial charge is 0.357 e. The second-order valence-electron chi connectivity index (χ2n) is 27.9. The molecule has 0 aromatic carbocycles. The number of aliphatic hydroxyl groups is 1. The molecule has 0 bridgehead atoms. The Balaban J connectivity index is 0.000000167. The zero-order chi connectivity index (χ0) is 91.8. The first-order chi connectivity index (χ1) is 60.9. The van der Waals surface area contributed by atoms with Crippen molar-refractivity contribution in [2.24, 2.45) is 7.05 Å². The molecule has 5 N–H and O–H groups in total. The molecule has 654 valence electrons. The van der Waals surface area contributed by atoms with Crippen LogP contribution in [0.5, 0.6) is 11.8 Å². The highest BCUT2D eigenvalue weighted by molar-refractivity contribution is 5.90. The maximum atomic E-state index is 12.4. The first-order valence-electron chi connectivity index (χ1n) is 40.3. The third-order valence-electron chi connectivity index (χ3n) is 20.3. The van der Waals surface area contributed by atoms with Gasteiger partial charge in [0.15, 0.2) is 39.6 Å². The number of fused-ring (bicyclic) bond motifs is 8. The summed E-state index contributed by atoms with van der Waals surface area (Å²) in [6.07, 6.45) is 19.9. The lowest BCUT2D eigenvalue weighted by Crippen LogP contribution is -2.25. The van der Waals surface area contributed by atoms with Crippen LogP contribution in [0.25, 0.3) is 73.4 Å². The van der Waals surface area contributed by atoms with Crippen molar-refractivity contribution in [2.75, 3.05) is 54.9 Å². The number of ether oxygens (including phenoxy) is 6. The first-order valence-corrected chi connectivity index (χ1v) is 40.3. The summed E-state index contributed by atoms with van der Waals surface area (Å²) in [5.74, 6) is 0.746. The average Bonchev–Trinajstić information content (AvgIpc) is 1.60. The van der Waals surface area contributed by atoms with E-state index in [1.807, 2.05) is 60.1 Å². The van der Waals surface area contributed by atoms with Gasteiger partial charge in [0.25, 0.3) is 33.5 Å². The van der Waals surface area contributed by atoms with Gasteiger partial charge in [0.2, 0.25) is 45.9 Å². The van der Waals surface area contributed by atoms with Crippen molar-refractivity contribution in [3.05, 3.63) is 253 Å². The van der Waals surface area contributed by atoms with E-state index in [1.54, 1.807) is 64.4 Å². The molecule has 0 unspecified atom stereocenters. The summed E-state index contributed by atoms with van der Waals surface area (Å²) in [5.41, 5.74) is 14.6. The van der Waals surface area contributed by atoms with Gasteiger partial charge in [-0.05, 0) is 105 Å². The molecule has 0 atom stereocenters. The van der Waals surface area contributed by atoms with Crippen molar-refractivity contribution in [3.8, 4) is 11.8 Å². The van der Waals surface area contributed by atoms with Gasteiger partial charge in [0.1, 0.15) is 12.3 Å². The molecule has 1 aliphatic rings. The average molecular weight is 1720 g/mol. The van der Waals surface area contributed by atoms with E-state index in [2.05, 4.69) is 99.5 Å². The molecule has 14 aromatic heterocycles. The zero-order valence-electron chi connectivity index (χ0n) is 72.7. The number of H-pyrrole nitrogens is 4. The largest absolute Gasteiger partial charge is 0.481 e. The van der Waals surface area contributed by atoms with Crippen LogP contribution in [0.2, 0.25) is 0 Å². The summed E-state index contributed by atoms with van der Waals surface area (Å²) < 4.78 is 42.7. The summed E-state index contributed by atoms with van der Waals surface area (Å²) in [6.45, 7) is 70.1. The third-order valence-corrected chi connectivity index (χ3v) is 20.3. The summed E-state index contributed by atoms with van der Waals surface area (Å²) in [6, 6.07) is 0. The van der Waals surface area contributed by atoms with Crippen molar-refractivity contribution in [1.29, 1.82) is 0 Å². The Kier molecular flexibility index (Phi) is 33.0. The number of rotatable bonds is 22. The fraction of sp³-hybridized carbons (Fsp3) is 0.412. The number of aromatic nitrogens is 21. The molecule has 14 aromatic rings. The Morgan fingerprint density at radius 2 is 0.976 bits per heavy atom. The van der Waals surface area contributed by atoms with Crippen LogP contribution in [-0.4, -0.2) is 168 Å². The molecule has 126 heavy (non-hydrogen) atoms. The van der Waals surface area contributed by atoms with Crippen LogP contribution < -0.4 is 37.3 Å². The van der Waals surface area contributed by atoms with E-state index >= 15 is 0 Å². The number of aryl methyl sites for hydroxylation is 5. The second-order valence-corrected chi connectivity index (χ2v) is 27.9. The molecule has 1 aliphatic carbocycles. The fourth-order valence-electron chi connectivity index (χ4n) is 14.1. The van der Waals surface area contributed by atoms with Gasteiger partial charge < -0.3 is 58.5 Å². The lowest BCUT2D eigenvalue weighted by molar-refractivity contribution is 0.0518. The van der Waals surface area contributed by atoms with Crippen LogP contribution >= 0.6 is 0 Å². The molecule has 41 heteroatoms. The van der Waals surface area contributed by atoms with E-state index in [9.17, 15) is 33.9 Å².